The van der Waals surface area contributed by atoms with Crippen LogP contribution in [0.4, 0.5) is 9.59 Å². The predicted molar refractivity (Wildman–Crippen MR) is 43.6 cm³/mol. The third-order valence-corrected chi connectivity index (χ3v) is 0. The normalized spacial score (nSPS) is 2.29. The molecule has 0 aromatic rings. The summed E-state index contributed by atoms with van der Waals surface area (Å²) in [7, 11) is 0. The fraction of sp³-hybridized carbons (Fsp3) is 0. The van der Waals surface area contributed by atoms with Crippen molar-refractivity contribution in [2.45, 2.75) is 0 Å². The van der Waals surface area contributed by atoms with Gasteiger partial charge in [0.15, 0.2) is 0 Å². The summed E-state index contributed by atoms with van der Waals surface area (Å²) in [6.45, 7) is 0. The molecule has 0 saturated carbocycles. The van der Waals surface area contributed by atoms with Crippen LogP contribution in [0.5, 0.6) is 0 Å². The van der Waals surface area contributed by atoms with Crippen LogP contribution in [0.3, 0.4) is 0 Å². The Kier molecular flexibility index (Phi) is 2580. The van der Waals surface area contributed by atoms with Crippen molar-refractivity contribution in [1.29, 1.82) is 0 Å². The molecule has 0 aromatic carbocycles. The Hall–Kier alpha value is -0.379. The SMILES string of the molecule is O.O.O.O.O.O.O.O.O=C([O-])[O-].O=C([O-])[O-].[Ni+2].[Ni+2].[Ni+2].[OH-].[OH-]. The van der Waals surface area contributed by atoms with Gasteiger partial charge in [0.1, 0.15) is 0 Å². The van der Waals surface area contributed by atoms with E-state index in [1.165, 1.54) is 0 Å². The molecule has 0 radical (unpaired) electrons. The largest absolute Gasteiger partial charge is 2.00 e. The van der Waals surface area contributed by atoms with Crippen LogP contribution in [-0.4, -0.2) is 67.1 Å². The van der Waals surface area contributed by atoms with Gasteiger partial charge in [-0.1, -0.05) is 0 Å². The number of rotatable bonds is 0. The second kappa shape index (κ2) is 215. The van der Waals surface area contributed by atoms with E-state index < -0.39 is 12.3 Å². The Morgan fingerprint density at radius 3 is 0.429 bits per heavy atom. The summed E-state index contributed by atoms with van der Waals surface area (Å²) in [5.41, 5.74) is 0. The van der Waals surface area contributed by atoms with Gasteiger partial charge in [-0.2, -0.15) is 0 Å². The van der Waals surface area contributed by atoms with Crippen LogP contribution in [-0.2, 0) is 49.5 Å². The minimum atomic E-state index is -2.33. The first-order valence-electron chi connectivity index (χ1n) is 1.22. The minimum absolute atomic E-state index is 0. The van der Waals surface area contributed by atoms with Gasteiger partial charge in [-0.25, -0.2) is 0 Å². The van der Waals surface area contributed by atoms with E-state index in [0.717, 1.165) is 0 Å². The molecule has 0 aliphatic rings. The maximum Gasteiger partial charge on any atom is 2.00 e. The van der Waals surface area contributed by atoms with Gasteiger partial charge in [0.2, 0.25) is 0 Å². The zero-order valence-corrected chi connectivity index (χ0v) is 12.3. The van der Waals surface area contributed by atoms with Crippen LogP contribution in [0.15, 0.2) is 0 Å². The third kappa shape index (κ3) is 42300. The van der Waals surface area contributed by atoms with Crippen LogP contribution in [0.1, 0.15) is 0 Å². The summed E-state index contributed by atoms with van der Waals surface area (Å²) in [6.07, 6.45) is -4.67. The van der Waals surface area contributed by atoms with Crippen molar-refractivity contribution < 1.29 is 134 Å². The molecule has 18 N–H and O–H groups in total. The fourth-order valence-corrected chi connectivity index (χ4v) is 0. The number of carbonyl (C=O) groups excluding carboxylic acids is 2. The molecule has 0 aliphatic carbocycles. The molecule has 0 heterocycles. The first-order chi connectivity index (χ1) is 3.46. The Morgan fingerprint density at radius 2 is 0.429 bits per heavy atom. The summed E-state index contributed by atoms with van der Waals surface area (Å²) in [5.74, 6) is 0. The van der Waals surface area contributed by atoms with Crippen molar-refractivity contribution in [3.8, 4) is 0 Å². The molecule has 16 nitrogen and oxygen atoms in total. The van der Waals surface area contributed by atoms with Crippen molar-refractivity contribution in [1.82, 2.24) is 0 Å². The molecular formula is C2H18Ni3O16. The fourth-order valence-electron chi connectivity index (χ4n) is 0. The van der Waals surface area contributed by atoms with Crippen LogP contribution in [0.2, 0.25) is 0 Å². The van der Waals surface area contributed by atoms with Gasteiger partial charge in [0, 0.05) is 0 Å². The Balaban J connectivity index is -0.00000000163. The molecule has 0 rings (SSSR count). The van der Waals surface area contributed by atoms with E-state index in [1.807, 2.05) is 0 Å². The van der Waals surface area contributed by atoms with Crippen LogP contribution < -0.4 is 20.4 Å². The standard InChI is InChI=1S/2CH2O3.3Ni.10H2O/c2*2-1(3)4;;;;;;;;;;;;;/h2*(H2,2,3,4);;;;10*1H2/q;;3*+2;;;;;;;;;;/p-6. The number of carboxylic acid groups (broad SMARTS) is 4. The van der Waals surface area contributed by atoms with Gasteiger partial charge in [0.25, 0.3) is 0 Å². The van der Waals surface area contributed by atoms with E-state index in [-0.39, 0.29) is 104 Å². The van der Waals surface area contributed by atoms with E-state index in [1.54, 1.807) is 0 Å². The summed E-state index contributed by atoms with van der Waals surface area (Å²) in [5, 5.41) is 33.3. The zero-order valence-electron chi connectivity index (χ0n) is 9.29. The van der Waals surface area contributed by atoms with Crippen LogP contribution in [0.25, 0.3) is 0 Å². The van der Waals surface area contributed by atoms with E-state index in [4.69, 9.17) is 30.0 Å². The molecular weight excluding hydrogens is 456 g/mol. The molecule has 0 aliphatic heterocycles. The van der Waals surface area contributed by atoms with Gasteiger partial charge in [0.05, 0.1) is 0 Å². The molecule has 19 heteroatoms. The van der Waals surface area contributed by atoms with E-state index in [0.29, 0.717) is 0 Å². The van der Waals surface area contributed by atoms with Gasteiger partial charge >= 0.3 is 49.5 Å². The smallest absolute Gasteiger partial charge is 0.870 e. The maximum atomic E-state index is 8.33. The van der Waals surface area contributed by atoms with E-state index >= 15 is 0 Å². The summed E-state index contributed by atoms with van der Waals surface area (Å²) >= 11 is 0. The van der Waals surface area contributed by atoms with Gasteiger partial charge < -0.3 is 84.8 Å². The molecule has 0 amide bonds. The monoisotopic (exact) mass is 472 g/mol. The topological polar surface area (TPSA) is 438 Å². The summed E-state index contributed by atoms with van der Waals surface area (Å²) in [6, 6.07) is 0. The van der Waals surface area contributed by atoms with Crippen LogP contribution in [0, 0.1) is 0 Å². The molecule has 0 unspecified atom stereocenters. The van der Waals surface area contributed by atoms with Crippen molar-refractivity contribution in [2.75, 3.05) is 0 Å². The average Bonchev–Trinajstić information content (AvgIpc) is 1.25. The van der Waals surface area contributed by atoms with Gasteiger partial charge in [-0.15, -0.1) is 0 Å². The van der Waals surface area contributed by atoms with Gasteiger partial charge in [-0.05, 0) is 12.3 Å². The van der Waals surface area contributed by atoms with Crippen LogP contribution >= 0.6 is 0 Å². The summed E-state index contributed by atoms with van der Waals surface area (Å²) < 4.78 is 0. The number of carbonyl (C=O) groups is 2. The minimum Gasteiger partial charge on any atom is -0.870 e. The van der Waals surface area contributed by atoms with Crippen molar-refractivity contribution in [3.63, 3.8) is 0 Å². The maximum absolute atomic E-state index is 8.33. The molecule has 0 spiro atoms. The van der Waals surface area contributed by atoms with Crippen molar-refractivity contribution >= 4 is 12.3 Å². The molecule has 0 bridgehead atoms. The molecule has 152 valence electrons. The molecule has 0 aromatic heterocycles. The van der Waals surface area contributed by atoms with E-state index in [2.05, 4.69) is 0 Å². The third-order valence-electron chi connectivity index (χ3n) is 0. The Labute approximate surface area is 147 Å². The molecule has 21 heavy (non-hydrogen) atoms. The quantitative estimate of drug-likeness (QED) is 0.302. The Bertz CT molecular complexity index is 79.5. The average molecular weight is 474 g/mol. The second-order valence-corrected chi connectivity index (χ2v) is 0.500. The number of hydrogen-bond donors (Lipinski definition) is 0. The zero-order chi connectivity index (χ0) is 7.15. The van der Waals surface area contributed by atoms with E-state index in [9.17, 15) is 0 Å². The molecule has 0 atom stereocenters. The molecule has 0 fully saturated rings. The second-order valence-electron chi connectivity index (χ2n) is 0.500. The van der Waals surface area contributed by atoms with Crippen molar-refractivity contribution in [3.05, 3.63) is 0 Å². The number of hydrogen-bond acceptors (Lipinski definition) is 8. The first-order valence-corrected chi connectivity index (χ1v) is 1.22. The molecule has 0 saturated heterocycles. The van der Waals surface area contributed by atoms with Gasteiger partial charge in [-0.3, -0.25) is 0 Å². The Morgan fingerprint density at radius 1 is 0.429 bits per heavy atom. The first kappa shape index (κ1) is 251. The predicted octanol–water partition coefficient (Wildman–Crippen LogP) is -11.9. The summed E-state index contributed by atoms with van der Waals surface area (Å²) in [4.78, 5) is 16.7. The van der Waals surface area contributed by atoms with Crippen molar-refractivity contribution in [2.24, 2.45) is 0 Å².